The summed E-state index contributed by atoms with van der Waals surface area (Å²) in [7, 11) is 0. The van der Waals surface area contributed by atoms with Gasteiger partial charge in [0.1, 0.15) is 0 Å². The number of Topliss-reactive ketones (excluding diaryl/α,β-unsaturated/α-hetero) is 1. The van der Waals surface area contributed by atoms with E-state index in [0.717, 1.165) is 11.1 Å². The van der Waals surface area contributed by atoms with Crippen LogP contribution in [0.2, 0.25) is 0 Å². The van der Waals surface area contributed by atoms with Gasteiger partial charge in [0.15, 0.2) is 5.78 Å². The summed E-state index contributed by atoms with van der Waals surface area (Å²) >= 11 is 6.83. The van der Waals surface area contributed by atoms with Gasteiger partial charge in [0.2, 0.25) is 0 Å². The molecule has 0 spiro atoms. The van der Waals surface area contributed by atoms with E-state index in [2.05, 4.69) is 31.9 Å². The highest BCUT2D eigenvalue weighted by molar-refractivity contribution is 9.24. The van der Waals surface area contributed by atoms with Crippen LogP contribution in [0.4, 0.5) is 0 Å². The molecule has 0 saturated carbocycles. The zero-order chi connectivity index (χ0) is 11.6. The standard InChI is InChI=1S/C12H14Br2O/c1-12(2,3)10(15)8-4-6-9(7-5-8)11(13)14/h4-7,11H,1-3H3. The Bertz CT molecular complexity index is 347. The number of halogens is 2. The lowest BCUT2D eigenvalue weighted by atomic mass is 9.86. The third kappa shape index (κ3) is 3.42. The van der Waals surface area contributed by atoms with E-state index in [0.29, 0.717) is 0 Å². The Balaban J connectivity index is 2.95. The Morgan fingerprint density at radius 3 is 1.93 bits per heavy atom. The summed E-state index contributed by atoms with van der Waals surface area (Å²) in [4.78, 5) is 11.9. The molecule has 0 radical (unpaired) electrons. The molecule has 0 atom stereocenters. The SMILES string of the molecule is CC(C)(C)C(=O)c1ccc(C(Br)Br)cc1. The Hall–Kier alpha value is -0.150. The molecule has 0 aliphatic carbocycles. The van der Waals surface area contributed by atoms with Crippen molar-refractivity contribution in [1.82, 2.24) is 0 Å². The van der Waals surface area contributed by atoms with Crippen molar-refractivity contribution in [3.05, 3.63) is 35.4 Å². The van der Waals surface area contributed by atoms with Crippen LogP contribution in [0.15, 0.2) is 24.3 Å². The van der Waals surface area contributed by atoms with Crippen LogP contribution in [0.1, 0.15) is 40.4 Å². The fourth-order valence-corrected chi connectivity index (χ4v) is 1.82. The second kappa shape index (κ2) is 4.79. The quantitative estimate of drug-likeness (QED) is 0.566. The summed E-state index contributed by atoms with van der Waals surface area (Å²) in [6.07, 6.45) is 0. The first-order chi connectivity index (χ1) is 6.82. The van der Waals surface area contributed by atoms with Gasteiger partial charge in [-0.1, -0.05) is 76.9 Å². The fourth-order valence-electron chi connectivity index (χ4n) is 1.21. The smallest absolute Gasteiger partial charge is 0.168 e. The predicted molar refractivity (Wildman–Crippen MR) is 70.8 cm³/mol. The van der Waals surface area contributed by atoms with Crippen LogP contribution in [-0.4, -0.2) is 5.78 Å². The molecular weight excluding hydrogens is 320 g/mol. The number of hydrogen-bond acceptors (Lipinski definition) is 1. The molecule has 0 heterocycles. The average Bonchev–Trinajstić information content (AvgIpc) is 2.15. The molecular formula is C12H14Br2O. The second-order valence-corrected chi connectivity index (χ2v) is 7.56. The van der Waals surface area contributed by atoms with Gasteiger partial charge in [-0.15, -0.1) is 0 Å². The Labute approximate surface area is 108 Å². The van der Waals surface area contributed by atoms with Crippen LogP contribution in [-0.2, 0) is 0 Å². The lowest BCUT2D eigenvalue weighted by Crippen LogP contribution is -2.20. The zero-order valence-corrected chi connectivity index (χ0v) is 12.2. The summed E-state index contributed by atoms with van der Waals surface area (Å²) in [6.45, 7) is 5.79. The minimum absolute atomic E-state index is 0.142. The monoisotopic (exact) mass is 332 g/mol. The number of hydrogen-bond donors (Lipinski definition) is 0. The molecule has 0 bridgehead atoms. The van der Waals surface area contributed by atoms with Crippen LogP contribution in [0.3, 0.4) is 0 Å². The van der Waals surface area contributed by atoms with Crippen molar-refractivity contribution >= 4 is 37.6 Å². The second-order valence-electron chi connectivity index (χ2n) is 4.50. The molecule has 0 unspecified atom stereocenters. The first kappa shape index (κ1) is 12.9. The van der Waals surface area contributed by atoms with Gasteiger partial charge in [0.05, 0.1) is 3.74 Å². The van der Waals surface area contributed by atoms with Gasteiger partial charge in [0.25, 0.3) is 0 Å². The van der Waals surface area contributed by atoms with Gasteiger partial charge < -0.3 is 0 Å². The molecule has 1 nitrogen and oxygen atoms in total. The molecule has 0 saturated heterocycles. The van der Waals surface area contributed by atoms with E-state index >= 15 is 0 Å². The first-order valence-electron chi connectivity index (χ1n) is 4.75. The van der Waals surface area contributed by atoms with Crippen LogP contribution in [0.5, 0.6) is 0 Å². The van der Waals surface area contributed by atoms with Gasteiger partial charge in [-0.25, -0.2) is 0 Å². The summed E-state index contributed by atoms with van der Waals surface area (Å²) in [5, 5.41) is 0. The predicted octanol–water partition coefficient (Wildman–Crippen LogP) is 4.70. The third-order valence-electron chi connectivity index (χ3n) is 2.11. The molecule has 3 heteroatoms. The lowest BCUT2D eigenvalue weighted by Gasteiger charge is -2.16. The van der Waals surface area contributed by atoms with Crippen LogP contribution in [0.25, 0.3) is 0 Å². The Morgan fingerprint density at radius 1 is 1.13 bits per heavy atom. The number of benzene rings is 1. The molecule has 1 rings (SSSR count). The third-order valence-corrected chi connectivity index (χ3v) is 3.16. The van der Waals surface area contributed by atoms with Crippen LogP contribution < -0.4 is 0 Å². The van der Waals surface area contributed by atoms with Crippen molar-refractivity contribution in [3.8, 4) is 0 Å². The molecule has 0 fully saturated rings. The summed E-state index contributed by atoms with van der Waals surface area (Å²) in [6, 6.07) is 7.65. The van der Waals surface area contributed by atoms with Crippen molar-refractivity contribution in [2.45, 2.75) is 24.5 Å². The summed E-state index contributed by atoms with van der Waals surface area (Å²) < 4.78 is 0.142. The van der Waals surface area contributed by atoms with Gasteiger partial charge >= 0.3 is 0 Å². The highest BCUT2D eigenvalue weighted by Crippen LogP contribution is 2.30. The van der Waals surface area contributed by atoms with Crippen molar-refractivity contribution < 1.29 is 4.79 Å². The van der Waals surface area contributed by atoms with E-state index in [9.17, 15) is 4.79 Å². The van der Waals surface area contributed by atoms with Gasteiger partial charge in [-0.3, -0.25) is 4.79 Å². The normalized spacial score (nSPS) is 11.9. The zero-order valence-electron chi connectivity index (χ0n) is 9.05. The van der Waals surface area contributed by atoms with E-state index < -0.39 is 0 Å². The Kier molecular flexibility index (Phi) is 4.13. The van der Waals surface area contributed by atoms with Gasteiger partial charge in [-0.2, -0.15) is 0 Å². The molecule has 1 aromatic carbocycles. The van der Waals surface area contributed by atoms with Crippen molar-refractivity contribution in [2.75, 3.05) is 0 Å². The number of rotatable bonds is 2. The minimum Gasteiger partial charge on any atom is -0.294 e. The molecule has 0 aliphatic heterocycles. The molecule has 1 aromatic rings. The number of ketones is 1. The lowest BCUT2D eigenvalue weighted by molar-refractivity contribution is 0.0858. The summed E-state index contributed by atoms with van der Waals surface area (Å²) in [5.74, 6) is 0.176. The van der Waals surface area contributed by atoms with Crippen LogP contribution >= 0.6 is 31.9 Å². The molecule has 0 amide bonds. The maximum absolute atomic E-state index is 11.9. The number of carbonyl (C=O) groups is 1. The molecule has 0 aromatic heterocycles. The highest BCUT2D eigenvalue weighted by atomic mass is 79.9. The minimum atomic E-state index is -0.316. The fraction of sp³-hybridized carbons (Fsp3) is 0.417. The van der Waals surface area contributed by atoms with Crippen molar-refractivity contribution in [1.29, 1.82) is 0 Å². The molecule has 0 aliphatic rings. The van der Waals surface area contributed by atoms with Crippen molar-refractivity contribution in [3.63, 3.8) is 0 Å². The molecule has 15 heavy (non-hydrogen) atoms. The summed E-state index contributed by atoms with van der Waals surface area (Å²) in [5.41, 5.74) is 1.57. The first-order valence-corrected chi connectivity index (χ1v) is 6.58. The van der Waals surface area contributed by atoms with E-state index in [-0.39, 0.29) is 14.9 Å². The number of alkyl halides is 2. The molecule has 0 N–H and O–H groups in total. The van der Waals surface area contributed by atoms with Crippen molar-refractivity contribution in [2.24, 2.45) is 5.41 Å². The largest absolute Gasteiger partial charge is 0.294 e. The van der Waals surface area contributed by atoms with Gasteiger partial charge in [0, 0.05) is 11.0 Å². The average molecular weight is 334 g/mol. The Morgan fingerprint density at radius 2 is 1.60 bits per heavy atom. The van der Waals surface area contributed by atoms with E-state index in [1.807, 2.05) is 45.0 Å². The maximum Gasteiger partial charge on any atom is 0.168 e. The topological polar surface area (TPSA) is 17.1 Å². The maximum atomic E-state index is 11.9. The van der Waals surface area contributed by atoms with Crippen LogP contribution in [0, 0.1) is 5.41 Å². The highest BCUT2D eigenvalue weighted by Gasteiger charge is 2.22. The van der Waals surface area contributed by atoms with Gasteiger partial charge in [-0.05, 0) is 5.56 Å². The molecule has 82 valence electrons. The van der Waals surface area contributed by atoms with E-state index in [1.54, 1.807) is 0 Å². The number of carbonyl (C=O) groups excluding carboxylic acids is 1. The van der Waals surface area contributed by atoms with E-state index in [4.69, 9.17) is 0 Å². The van der Waals surface area contributed by atoms with E-state index in [1.165, 1.54) is 0 Å².